The Morgan fingerprint density at radius 2 is 1.88 bits per heavy atom. The van der Waals surface area contributed by atoms with Crippen molar-refractivity contribution in [2.75, 3.05) is 48.9 Å². The quantitative estimate of drug-likeness (QED) is 0.640. The summed E-state index contributed by atoms with van der Waals surface area (Å²) in [4.78, 5) is 27.0. The topological polar surface area (TPSA) is 105 Å². The van der Waals surface area contributed by atoms with Gasteiger partial charge in [-0.1, -0.05) is 0 Å². The highest BCUT2D eigenvalue weighted by Crippen LogP contribution is 2.35. The van der Waals surface area contributed by atoms with Gasteiger partial charge in [0, 0.05) is 38.5 Å². The number of carbonyl (C=O) groups is 1. The van der Waals surface area contributed by atoms with Crippen molar-refractivity contribution < 1.29 is 23.6 Å². The Morgan fingerprint density at radius 1 is 1.16 bits per heavy atom. The van der Waals surface area contributed by atoms with Crippen LogP contribution in [0.15, 0.2) is 4.90 Å². The molecule has 5 rings (SSSR count). The summed E-state index contributed by atoms with van der Waals surface area (Å²) in [6, 6.07) is 0.312. The fourth-order valence-electron chi connectivity index (χ4n) is 5.04. The van der Waals surface area contributed by atoms with Gasteiger partial charge in [0.25, 0.3) is 0 Å². The van der Waals surface area contributed by atoms with Gasteiger partial charge in [0.2, 0.25) is 5.95 Å². The van der Waals surface area contributed by atoms with Crippen molar-refractivity contribution in [1.29, 1.82) is 0 Å². The second-order valence-electron chi connectivity index (χ2n) is 9.35. The molecular weight excluding hydrogens is 432 g/mol. The van der Waals surface area contributed by atoms with E-state index in [0.29, 0.717) is 62.9 Å². The zero-order valence-corrected chi connectivity index (χ0v) is 19.4. The van der Waals surface area contributed by atoms with Gasteiger partial charge in [0.1, 0.15) is 11.0 Å². The van der Waals surface area contributed by atoms with E-state index >= 15 is 0 Å². The first kappa shape index (κ1) is 22.0. The summed E-state index contributed by atoms with van der Waals surface area (Å²) in [6.07, 6.45) is 4.86. The predicted molar refractivity (Wildman–Crippen MR) is 119 cm³/mol. The summed E-state index contributed by atoms with van der Waals surface area (Å²) < 4.78 is 23.9. The third kappa shape index (κ3) is 4.36. The molecule has 0 radical (unpaired) electrons. The minimum absolute atomic E-state index is 0.0987. The van der Waals surface area contributed by atoms with Gasteiger partial charge in [-0.3, -0.25) is 9.00 Å². The third-order valence-corrected chi connectivity index (χ3v) is 8.62. The fourth-order valence-corrected chi connectivity index (χ4v) is 6.43. The van der Waals surface area contributed by atoms with E-state index in [9.17, 15) is 14.1 Å². The minimum Gasteiger partial charge on any atom is -0.458 e. The number of aliphatic hydroxyl groups excluding tert-OH is 1. The molecule has 0 aromatic carbocycles. The number of aryl methyl sites for hydroxylation is 1. The maximum Gasteiger partial charge on any atom is 0.309 e. The molecule has 176 valence electrons. The van der Waals surface area contributed by atoms with Crippen molar-refractivity contribution in [2.45, 2.75) is 68.1 Å². The van der Waals surface area contributed by atoms with Gasteiger partial charge in [-0.05, 0) is 38.5 Å². The van der Waals surface area contributed by atoms with Crippen LogP contribution in [0.4, 0.5) is 11.8 Å². The molecule has 10 heteroatoms. The number of aromatic nitrogens is 2. The molecule has 1 saturated carbocycles. The molecule has 0 amide bonds. The highest BCUT2D eigenvalue weighted by molar-refractivity contribution is 7.85. The lowest BCUT2D eigenvalue weighted by molar-refractivity contribution is -0.157. The number of hydrogen-bond donors (Lipinski definition) is 1. The summed E-state index contributed by atoms with van der Waals surface area (Å²) in [5, 5.41) is 9.63. The summed E-state index contributed by atoms with van der Waals surface area (Å²) >= 11 is 0. The van der Waals surface area contributed by atoms with Crippen molar-refractivity contribution in [3.05, 3.63) is 5.69 Å². The smallest absolute Gasteiger partial charge is 0.309 e. The third-order valence-electron chi connectivity index (χ3n) is 7.17. The summed E-state index contributed by atoms with van der Waals surface area (Å²) in [7, 11) is 0.964. The van der Waals surface area contributed by atoms with Gasteiger partial charge in [-0.15, -0.1) is 0 Å². The minimum atomic E-state index is -1.06. The van der Waals surface area contributed by atoms with Crippen LogP contribution in [-0.4, -0.2) is 82.6 Å². The Kier molecular flexibility index (Phi) is 6.35. The van der Waals surface area contributed by atoms with Crippen molar-refractivity contribution >= 4 is 28.5 Å². The van der Waals surface area contributed by atoms with Crippen molar-refractivity contribution in [2.24, 2.45) is 5.92 Å². The Hall–Kier alpha value is -1.78. The Morgan fingerprint density at radius 3 is 2.59 bits per heavy atom. The van der Waals surface area contributed by atoms with Gasteiger partial charge in [0.15, 0.2) is 5.82 Å². The molecule has 9 nitrogen and oxygen atoms in total. The van der Waals surface area contributed by atoms with E-state index in [4.69, 9.17) is 19.4 Å². The largest absolute Gasteiger partial charge is 0.458 e. The molecule has 1 aromatic heterocycles. The van der Waals surface area contributed by atoms with Crippen LogP contribution >= 0.6 is 0 Å². The normalized spacial score (nSPS) is 28.8. The lowest BCUT2D eigenvalue weighted by Crippen LogP contribution is -2.54. The molecule has 4 aliphatic rings. The van der Waals surface area contributed by atoms with Gasteiger partial charge in [0.05, 0.1) is 41.6 Å². The molecule has 4 heterocycles. The number of hydrogen-bond acceptors (Lipinski definition) is 9. The molecule has 1 aromatic rings. The monoisotopic (exact) mass is 464 g/mol. The SMILES string of the molecule is CN(c1nc(N2CC(OC(=O)C3CCC(O)CC3)C2)nc2c1S(=O)CC2)C1CCOCC1. The van der Waals surface area contributed by atoms with Crippen LogP contribution in [0.1, 0.15) is 44.2 Å². The highest BCUT2D eigenvalue weighted by atomic mass is 32.2. The zero-order valence-electron chi connectivity index (χ0n) is 18.6. The molecule has 32 heavy (non-hydrogen) atoms. The number of ether oxygens (including phenoxy) is 2. The van der Waals surface area contributed by atoms with E-state index < -0.39 is 10.8 Å². The van der Waals surface area contributed by atoms with E-state index in [-0.39, 0.29) is 24.1 Å². The second-order valence-corrected chi connectivity index (χ2v) is 10.9. The van der Waals surface area contributed by atoms with E-state index in [2.05, 4.69) is 4.90 Å². The van der Waals surface area contributed by atoms with E-state index in [1.54, 1.807) is 0 Å². The highest BCUT2D eigenvalue weighted by Gasteiger charge is 2.37. The van der Waals surface area contributed by atoms with E-state index in [0.717, 1.165) is 42.5 Å². The average Bonchev–Trinajstić information content (AvgIpc) is 3.16. The number of carbonyl (C=O) groups excluding carboxylic acids is 1. The van der Waals surface area contributed by atoms with Crippen LogP contribution in [0, 0.1) is 5.92 Å². The van der Waals surface area contributed by atoms with Gasteiger partial charge >= 0.3 is 5.97 Å². The number of anilines is 2. The standard InChI is InChI=1S/C22H32N4O5S/c1-25(15-6-9-30-10-7-15)20-19-18(8-11-32(19)29)23-22(24-20)26-12-17(13-26)31-21(28)14-2-4-16(27)5-3-14/h14-17,27H,2-13H2,1H3. The maximum absolute atomic E-state index is 12.7. The number of rotatable bonds is 5. The molecule has 0 spiro atoms. The zero-order chi connectivity index (χ0) is 22.2. The van der Waals surface area contributed by atoms with E-state index in [1.807, 2.05) is 11.9 Å². The molecule has 0 bridgehead atoms. The van der Waals surface area contributed by atoms with Crippen LogP contribution in [0.5, 0.6) is 0 Å². The Balaban J connectivity index is 1.26. The van der Waals surface area contributed by atoms with Gasteiger partial charge in [-0.2, -0.15) is 4.98 Å². The van der Waals surface area contributed by atoms with Crippen LogP contribution in [-0.2, 0) is 31.5 Å². The first-order valence-corrected chi connectivity index (χ1v) is 13.0. The van der Waals surface area contributed by atoms with Crippen molar-refractivity contribution in [1.82, 2.24) is 9.97 Å². The first-order chi connectivity index (χ1) is 15.5. The van der Waals surface area contributed by atoms with Crippen molar-refractivity contribution in [3.8, 4) is 0 Å². The van der Waals surface area contributed by atoms with Crippen LogP contribution in [0.25, 0.3) is 0 Å². The second kappa shape index (κ2) is 9.23. The first-order valence-electron chi connectivity index (χ1n) is 11.7. The molecule has 1 atom stereocenters. The molecule has 1 aliphatic carbocycles. The maximum atomic E-state index is 12.7. The lowest BCUT2D eigenvalue weighted by Gasteiger charge is -2.40. The number of esters is 1. The Bertz CT molecular complexity index is 879. The molecule has 1 unspecified atom stereocenters. The number of aliphatic hydroxyl groups is 1. The molecule has 3 aliphatic heterocycles. The van der Waals surface area contributed by atoms with Crippen LogP contribution in [0.2, 0.25) is 0 Å². The van der Waals surface area contributed by atoms with E-state index in [1.165, 1.54) is 0 Å². The predicted octanol–water partition coefficient (Wildman–Crippen LogP) is 1.04. The van der Waals surface area contributed by atoms with Crippen LogP contribution in [0.3, 0.4) is 0 Å². The molecule has 3 fully saturated rings. The summed E-state index contributed by atoms with van der Waals surface area (Å²) in [5.74, 6) is 1.75. The number of fused-ring (bicyclic) bond motifs is 1. The van der Waals surface area contributed by atoms with Crippen molar-refractivity contribution in [3.63, 3.8) is 0 Å². The summed E-state index contributed by atoms with van der Waals surface area (Å²) in [5.41, 5.74) is 0.878. The molecule has 1 N–H and O–H groups in total. The molecular formula is C22H32N4O5S. The summed E-state index contributed by atoms with van der Waals surface area (Å²) in [6.45, 7) is 2.61. The fraction of sp³-hybridized carbons (Fsp3) is 0.773. The average molecular weight is 465 g/mol. The molecule has 2 saturated heterocycles. The van der Waals surface area contributed by atoms with Crippen LogP contribution < -0.4 is 9.80 Å². The lowest BCUT2D eigenvalue weighted by atomic mass is 9.87. The Labute approximate surface area is 190 Å². The number of nitrogens with zero attached hydrogens (tertiary/aromatic N) is 4. The van der Waals surface area contributed by atoms with Gasteiger partial charge < -0.3 is 24.4 Å². The van der Waals surface area contributed by atoms with Gasteiger partial charge in [-0.25, -0.2) is 4.98 Å².